The Morgan fingerprint density at radius 1 is 1.19 bits per heavy atom. The van der Waals surface area contributed by atoms with Crippen molar-refractivity contribution in [3.63, 3.8) is 0 Å². The molecule has 1 aromatic heterocycles. The number of rotatable bonds is 6. The Morgan fingerprint density at radius 2 is 1.89 bits per heavy atom. The molecule has 3 aromatic rings. The van der Waals surface area contributed by atoms with Gasteiger partial charge in [0.05, 0.1) is 16.9 Å². The van der Waals surface area contributed by atoms with E-state index < -0.39 is 0 Å². The second-order valence-corrected chi connectivity index (χ2v) is 7.47. The number of benzene rings is 2. The Balaban J connectivity index is 1.52. The van der Waals surface area contributed by atoms with Crippen LogP contribution in [0.3, 0.4) is 0 Å². The second kappa shape index (κ2) is 8.79. The predicted molar refractivity (Wildman–Crippen MR) is 109 cm³/mol. The summed E-state index contributed by atoms with van der Waals surface area (Å²) in [4.78, 5) is 16.9. The van der Waals surface area contributed by atoms with Gasteiger partial charge in [-0.25, -0.2) is 10.4 Å². The third kappa shape index (κ3) is 5.39. The van der Waals surface area contributed by atoms with Crippen molar-refractivity contribution in [2.75, 3.05) is 0 Å². The molecule has 0 fully saturated rings. The van der Waals surface area contributed by atoms with Crippen molar-refractivity contribution in [3.8, 4) is 5.75 Å². The molecule has 7 heteroatoms. The van der Waals surface area contributed by atoms with Crippen LogP contribution >= 0.6 is 22.9 Å². The van der Waals surface area contributed by atoms with Gasteiger partial charge in [-0.2, -0.15) is 5.10 Å². The lowest BCUT2D eigenvalue weighted by Crippen LogP contribution is -2.17. The molecule has 5 nitrogen and oxygen atoms in total. The highest BCUT2D eigenvalue weighted by atomic mass is 35.5. The standard InChI is InChI=1S/C20H18ClN3O2S/c1-13-19(27-14(2)23-13)20(25)24-22-11-15-5-9-18(10-6-15)26-12-16-3-7-17(21)8-4-16/h3-11H,12H2,1-2H3,(H,24,25)/b22-11+. The van der Waals surface area contributed by atoms with E-state index in [-0.39, 0.29) is 5.91 Å². The van der Waals surface area contributed by atoms with Gasteiger partial charge in [0.1, 0.15) is 17.2 Å². The van der Waals surface area contributed by atoms with E-state index in [1.54, 1.807) is 6.21 Å². The molecule has 138 valence electrons. The lowest BCUT2D eigenvalue weighted by Gasteiger charge is -2.06. The van der Waals surface area contributed by atoms with Crippen molar-refractivity contribution in [2.24, 2.45) is 5.10 Å². The highest BCUT2D eigenvalue weighted by Gasteiger charge is 2.12. The SMILES string of the molecule is Cc1nc(C)c(C(=O)N/N=C/c2ccc(OCc3ccc(Cl)cc3)cc2)s1. The number of ether oxygens (including phenoxy) is 1. The van der Waals surface area contributed by atoms with Crippen LogP contribution in [0.5, 0.6) is 5.75 Å². The molecule has 0 saturated heterocycles. The number of aryl methyl sites for hydroxylation is 2. The van der Waals surface area contributed by atoms with Gasteiger partial charge in [0, 0.05) is 5.02 Å². The molecule has 0 aliphatic heterocycles. The lowest BCUT2D eigenvalue weighted by molar-refractivity contribution is 0.0958. The summed E-state index contributed by atoms with van der Waals surface area (Å²) in [5.74, 6) is 0.499. The van der Waals surface area contributed by atoms with Crippen LogP contribution < -0.4 is 10.2 Å². The van der Waals surface area contributed by atoms with Gasteiger partial charge < -0.3 is 4.74 Å². The average Bonchev–Trinajstić information content (AvgIpc) is 3.00. The molecular formula is C20H18ClN3O2S. The number of nitrogens with zero attached hydrogens (tertiary/aromatic N) is 2. The fourth-order valence-corrected chi connectivity index (χ4v) is 3.29. The summed E-state index contributed by atoms with van der Waals surface area (Å²) in [5.41, 5.74) is 5.14. The third-order valence-electron chi connectivity index (χ3n) is 3.69. The number of carbonyl (C=O) groups is 1. The number of halogens is 1. The summed E-state index contributed by atoms with van der Waals surface area (Å²) in [6, 6.07) is 15.0. The largest absolute Gasteiger partial charge is 0.489 e. The topological polar surface area (TPSA) is 63.6 Å². The minimum Gasteiger partial charge on any atom is -0.489 e. The molecule has 0 spiro atoms. The predicted octanol–water partition coefficient (Wildman–Crippen LogP) is 4.76. The average molecular weight is 400 g/mol. The van der Waals surface area contributed by atoms with E-state index in [0.717, 1.165) is 21.9 Å². The Morgan fingerprint density at radius 3 is 2.52 bits per heavy atom. The summed E-state index contributed by atoms with van der Waals surface area (Å²) in [7, 11) is 0. The van der Waals surface area contributed by atoms with Crippen LogP contribution in [0.1, 0.15) is 31.5 Å². The highest BCUT2D eigenvalue weighted by Crippen LogP contribution is 2.17. The fraction of sp³-hybridized carbons (Fsp3) is 0.150. The van der Waals surface area contributed by atoms with Gasteiger partial charge in [0.2, 0.25) is 0 Å². The van der Waals surface area contributed by atoms with Crippen LogP contribution in [0.15, 0.2) is 53.6 Å². The highest BCUT2D eigenvalue weighted by molar-refractivity contribution is 7.13. The van der Waals surface area contributed by atoms with E-state index in [1.807, 2.05) is 62.4 Å². The zero-order valence-corrected chi connectivity index (χ0v) is 16.5. The van der Waals surface area contributed by atoms with E-state index in [1.165, 1.54) is 11.3 Å². The molecule has 0 radical (unpaired) electrons. The van der Waals surface area contributed by atoms with Crippen LogP contribution in [-0.2, 0) is 6.61 Å². The number of nitrogens with one attached hydrogen (secondary N) is 1. The molecule has 1 heterocycles. The van der Waals surface area contributed by atoms with Crippen molar-refractivity contribution in [2.45, 2.75) is 20.5 Å². The zero-order chi connectivity index (χ0) is 19.2. The first kappa shape index (κ1) is 19.1. The number of hydrogen-bond acceptors (Lipinski definition) is 5. The number of thiazole rings is 1. The third-order valence-corrected chi connectivity index (χ3v) is 5.01. The van der Waals surface area contributed by atoms with Crippen molar-refractivity contribution >= 4 is 35.1 Å². The Bertz CT molecular complexity index is 950. The minimum atomic E-state index is -0.253. The molecular weight excluding hydrogens is 382 g/mol. The Labute approximate surface area is 166 Å². The zero-order valence-electron chi connectivity index (χ0n) is 14.9. The molecule has 3 rings (SSSR count). The number of hydrogen-bond donors (Lipinski definition) is 1. The monoisotopic (exact) mass is 399 g/mol. The molecule has 27 heavy (non-hydrogen) atoms. The van der Waals surface area contributed by atoms with Crippen LogP contribution in [0.2, 0.25) is 5.02 Å². The maximum atomic E-state index is 12.1. The van der Waals surface area contributed by atoms with Gasteiger partial charge in [-0.1, -0.05) is 23.7 Å². The fourth-order valence-electron chi connectivity index (χ4n) is 2.36. The molecule has 1 N–H and O–H groups in total. The number of hydrazone groups is 1. The van der Waals surface area contributed by atoms with Crippen molar-refractivity contribution in [1.82, 2.24) is 10.4 Å². The summed E-state index contributed by atoms with van der Waals surface area (Å²) >= 11 is 7.22. The van der Waals surface area contributed by atoms with E-state index in [9.17, 15) is 4.79 Å². The molecule has 0 bridgehead atoms. The van der Waals surface area contributed by atoms with E-state index in [4.69, 9.17) is 16.3 Å². The molecule has 0 unspecified atom stereocenters. The van der Waals surface area contributed by atoms with Gasteiger partial charge >= 0.3 is 0 Å². The number of aromatic nitrogens is 1. The molecule has 1 amide bonds. The van der Waals surface area contributed by atoms with E-state index in [0.29, 0.717) is 22.2 Å². The maximum Gasteiger partial charge on any atom is 0.283 e. The molecule has 0 aliphatic carbocycles. The first-order chi connectivity index (χ1) is 13.0. The molecule has 2 aromatic carbocycles. The van der Waals surface area contributed by atoms with Gasteiger partial charge in [-0.05, 0) is 61.4 Å². The quantitative estimate of drug-likeness (QED) is 0.480. The summed E-state index contributed by atoms with van der Waals surface area (Å²) in [5, 5.41) is 5.56. The Kier molecular flexibility index (Phi) is 6.21. The van der Waals surface area contributed by atoms with Crippen LogP contribution in [0.4, 0.5) is 0 Å². The van der Waals surface area contributed by atoms with Gasteiger partial charge in [-0.15, -0.1) is 11.3 Å². The number of carbonyl (C=O) groups excluding carboxylic acids is 1. The Hall–Kier alpha value is -2.70. The summed E-state index contributed by atoms with van der Waals surface area (Å²) in [6.07, 6.45) is 1.59. The second-order valence-electron chi connectivity index (χ2n) is 5.83. The normalized spacial score (nSPS) is 10.9. The molecule has 0 atom stereocenters. The maximum absolute atomic E-state index is 12.1. The van der Waals surface area contributed by atoms with Crippen molar-refractivity contribution in [3.05, 3.63) is 80.3 Å². The van der Waals surface area contributed by atoms with Crippen LogP contribution in [0, 0.1) is 13.8 Å². The smallest absolute Gasteiger partial charge is 0.283 e. The van der Waals surface area contributed by atoms with Gasteiger partial charge in [0.15, 0.2) is 0 Å². The number of amides is 1. The van der Waals surface area contributed by atoms with Gasteiger partial charge in [-0.3, -0.25) is 4.79 Å². The minimum absolute atomic E-state index is 0.253. The van der Waals surface area contributed by atoms with Gasteiger partial charge in [0.25, 0.3) is 5.91 Å². The molecule has 0 saturated carbocycles. The van der Waals surface area contributed by atoms with E-state index >= 15 is 0 Å². The first-order valence-electron chi connectivity index (χ1n) is 8.26. The van der Waals surface area contributed by atoms with E-state index in [2.05, 4.69) is 15.5 Å². The van der Waals surface area contributed by atoms with Crippen LogP contribution in [0.25, 0.3) is 0 Å². The summed E-state index contributed by atoms with van der Waals surface area (Å²) in [6.45, 7) is 4.15. The lowest BCUT2D eigenvalue weighted by atomic mass is 10.2. The molecule has 0 aliphatic rings. The van der Waals surface area contributed by atoms with Crippen molar-refractivity contribution in [1.29, 1.82) is 0 Å². The summed E-state index contributed by atoms with van der Waals surface area (Å²) < 4.78 is 5.74. The van der Waals surface area contributed by atoms with Crippen molar-refractivity contribution < 1.29 is 9.53 Å². The first-order valence-corrected chi connectivity index (χ1v) is 9.45. The van der Waals surface area contributed by atoms with Crippen LogP contribution in [-0.4, -0.2) is 17.1 Å².